The smallest absolute Gasteiger partial charge is 0.408 e. The van der Waals surface area contributed by atoms with Gasteiger partial charge in [-0.3, -0.25) is 4.79 Å². The molecule has 0 radical (unpaired) electrons. The number of thioether (sulfide) groups is 2. The highest BCUT2D eigenvalue weighted by Crippen LogP contribution is 2.23. The normalized spacial score (nSPS) is 12.7. The highest BCUT2D eigenvalue weighted by Gasteiger charge is 2.24. The van der Waals surface area contributed by atoms with Crippen molar-refractivity contribution in [3.8, 4) is 0 Å². The van der Waals surface area contributed by atoms with E-state index in [1.54, 1.807) is 32.5 Å². The number of alkyl carbamates (subject to hydrolysis) is 1. The summed E-state index contributed by atoms with van der Waals surface area (Å²) in [4.78, 5) is 22.7. The summed E-state index contributed by atoms with van der Waals surface area (Å²) < 4.78 is 10.7. The number of nitrogens with zero attached hydrogens (tertiary/aromatic N) is 2. The molecular formula is C13H22N4O4S2. The van der Waals surface area contributed by atoms with Gasteiger partial charge < -0.3 is 20.2 Å². The summed E-state index contributed by atoms with van der Waals surface area (Å²) in [5.41, 5.74) is 4.48. The Balaban J connectivity index is 2.73. The summed E-state index contributed by atoms with van der Waals surface area (Å²) in [5.74, 6) is 0.654. The molecule has 1 rings (SSSR count). The molecule has 130 valence electrons. The lowest BCUT2D eigenvalue weighted by Crippen LogP contribution is -2.35. The first-order chi connectivity index (χ1) is 10.7. The van der Waals surface area contributed by atoms with Crippen molar-refractivity contribution < 1.29 is 18.7 Å². The summed E-state index contributed by atoms with van der Waals surface area (Å²) >= 11 is 2.69. The van der Waals surface area contributed by atoms with E-state index in [0.717, 1.165) is 17.5 Å². The van der Waals surface area contributed by atoms with Gasteiger partial charge in [0.05, 0.1) is 5.75 Å². The molecule has 10 heteroatoms. The average molecular weight is 362 g/mol. The Bertz CT molecular complexity index is 530. The molecule has 0 saturated carbocycles. The molecule has 1 atom stereocenters. The second-order valence-corrected chi connectivity index (χ2v) is 7.55. The highest BCUT2D eigenvalue weighted by atomic mass is 32.2. The van der Waals surface area contributed by atoms with Crippen molar-refractivity contribution in [1.82, 2.24) is 15.5 Å². The molecule has 1 aromatic rings. The van der Waals surface area contributed by atoms with Crippen molar-refractivity contribution in [2.75, 3.05) is 17.8 Å². The zero-order chi connectivity index (χ0) is 17.5. The Hall–Kier alpha value is -1.42. The largest absolute Gasteiger partial charge is 0.444 e. The molecule has 8 nitrogen and oxygen atoms in total. The van der Waals surface area contributed by atoms with Crippen LogP contribution in [0.25, 0.3) is 0 Å². The minimum atomic E-state index is -0.592. The van der Waals surface area contributed by atoms with Crippen LogP contribution >= 0.6 is 23.5 Å². The maximum atomic E-state index is 11.9. The van der Waals surface area contributed by atoms with Gasteiger partial charge in [0.1, 0.15) is 11.6 Å². The molecule has 0 aliphatic heterocycles. The van der Waals surface area contributed by atoms with Crippen molar-refractivity contribution in [3.05, 3.63) is 5.89 Å². The van der Waals surface area contributed by atoms with E-state index in [0.29, 0.717) is 6.42 Å². The van der Waals surface area contributed by atoms with Gasteiger partial charge in [0.15, 0.2) is 0 Å². The van der Waals surface area contributed by atoms with Crippen LogP contribution in [-0.2, 0) is 9.53 Å². The van der Waals surface area contributed by atoms with Crippen LogP contribution in [0.1, 0.15) is 39.1 Å². The first-order valence-electron chi connectivity index (χ1n) is 6.94. The lowest BCUT2D eigenvalue weighted by Gasteiger charge is -2.22. The van der Waals surface area contributed by atoms with E-state index in [1.807, 2.05) is 6.26 Å². The number of carbonyl (C=O) groups excluding carboxylic acids is 2. The number of primary amides is 1. The van der Waals surface area contributed by atoms with Gasteiger partial charge in [-0.25, -0.2) is 4.79 Å². The topological polar surface area (TPSA) is 120 Å². The van der Waals surface area contributed by atoms with Crippen LogP contribution in [0, 0.1) is 0 Å². The SMILES string of the molecule is CSCC[C@@H](NC(=O)OC(C)(C)C)c1nnc(SCC(N)=O)o1. The molecule has 0 fully saturated rings. The molecule has 1 heterocycles. The van der Waals surface area contributed by atoms with Crippen LogP contribution in [0.15, 0.2) is 9.64 Å². The maximum absolute atomic E-state index is 11.9. The van der Waals surface area contributed by atoms with Gasteiger partial charge in [0.25, 0.3) is 5.22 Å². The van der Waals surface area contributed by atoms with Crippen LogP contribution in [0.2, 0.25) is 0 Å². The Morgan fingerprint density at radius 2 is 2.09 bits per heavy atom. The van der Waals surface area contributed by atoms with Crippen molar-refractivity contribution in [2.24, 2.45) is 5.73 Å². The lowest BCUT2D eigenvalue weighted by molar-refractivity contribution is -0.115. The zero-order valence-corrected chi connectivity index (χ0v) is 15.3. The van der Waals surface area contributed by atoms with Gasteiger partial charge in [-0.2, -0.15) is 11.8 Å². The van der Waals surface area contributed by atoms with Crippen LogP contribution in [0.4, 0.5) is 4.79 Å². The molecule has 23 heavy (non-hydrogen) atoms. The summed E-state index contributed by atoms with van der Waals surface area (Å²) in [7, 11) is 0. The molecule has 0 aromatic carbocycles. The third kappa shape index (κ3) is 8.12. The molecular weight excluding hydrogens is 340 g/mol. The third-order valence-electron chi connectivity index (χ3n) is 2.36. The van der Waals surface area contributed by atoms with E-state index in [1.165, 1.54) is 0 Å². The van der Waals surface area contributed by atoms with E-state index in [4.69, 9.17) is 14.9 Å². The Kier molecular flexibility index (Phi) is 7.69. The number of ether oxygens (including phenoxy) is 1. The van der Waals surface area contributed by atoms with Crippen molar-refractivity contribution in [1.29, 1.82) is 0 Å². The van der Waals surface area contributed by atoms with E-state index in [9.17, 15) is 9.59 Å². The van der Waals surface area contributed by atoms with Gasteiger partial charge in [0, 0.05) is 0 Å². The second kappa shape index (κ2) is 9.02. The van der Waals surface area contributed by atoms with Crippen LogP contribution in [-0.4, -0.2) is 45.6 Å². The number of nitrogens with two attached hydrogens (primary N) is 1. The molecule has 3 N–H and O–H groups in total. The molecule has 0 saturated heterocycles. The van der Waals surface area contributed by atoms with Crippen molar-refractivity contribution >= 4 is 35.5 Å². The zero-order valence-electron chi connectivity index (χ0n) is 13.6. The molecule has 0 bridgehead atoms. The number of carbonyl (C=O) groups is 2. The van der Waals surface area contributed by atoms with E-state index in [2.05, 4.69) is 15.5 Å². The minimum Gasteiger partial charge on any atom is -0.444 e. The van der Waals surface area contributed by atoms with Crippen LogP contribution in [0.5, 0.6) is 0 Å². The molecule has 1 aromatic heterocycles. The van der Waals surface area contributed by atoms with Gasteiger partial charge in [-0.1, -0.05) is 11.8 Å². The number of rotatable bonds is 8. The Morgan fingerprint density at radius 1 is 1.39 bits per heavy atom. The molecule has 0 aliphatic carbocycles. The number of amides is 2. The fourth-order valence-electron chi connectivity index (χ4n) is 1.50. The standard InChI is InChI=1S/C13H22N4O4S2/c1-13(2,3)21-11(19)15-8(5-6-22-4)10-16-17-12(20-10)23-7-9(14)18/h8H,5-7H2,1-4H3,(H2,14,18)(H,15,19)/t8-/m1/s1. The summed E-state index contributed by atoms with van der Waals surface area (Å²) in [6.45, 7) is 5.36. The van der Waals surface area contributed by atoms with Gasteiger partial charge in [-0.15, -0.1) is 10.2 Å². The summed E-state index contributed by atoms with van der Waals surface area (Å²) in [6, 6.07) is -0.451. The quantitative estimate of drug-likeness (QED) is 0.673. The molecule has 0 aliphatic rings. The number of hydrogen-bond acceptors (Lipinski definition) is 8. The fraction of sp³-hybridized carbons (Fsp3) is 0.692. The molecule has 0 unspecified atom stereocenters. The van der Waals surface area contributed by atoms with Gasteiger partial charge >= 0.3 is 6.09 Å². The highest BCUT2D eigenvalue weighted by molar-refractivity contribution is 7.99. The number of aromatic nitrogens is 2. The molecule has 0 spiro atoms. The van der Waals surface area contributed by atoms with Crippen LogP contribution in [0.3, 0.4) is 0 Å². The monoisotopic (exact) mass is 362 g/mol. The first kappa shape index (κ1) is 19.6. The number of hydrogen-bond donors (Lipinski definition) is 2. The van der Waals surface area contributed by atoms with Gasteiger partial charge in [0.2, 0.25) is 11.8 Å². The average Bonchev–Trinajstić information content (AvgIpc) is 2.87. The number of nitrogens with one attached hydrogen (secondary N) is 1. The van der Waals surface area contributed by atoms with Gasteiger partial charge in [-0.05, 0) is 39.2 Å². The van der Waals surface area contributed by atoms with E-state index in [-0.39, 0.29) is 16.9 Å². The summed E-state index contributed by atoms with van der Waals surface area (Å²) in [6.07, 6.45) is 2.03. The Morgan fingerprint density at radius 3 is 2.65 bits per heavy atom. The van der Waals surface area contributed by atoms with Crippen LogP contribution < -0.4 is 11.1 Å². The lowest BCUT2D eigenvalue weighted by atomic mass is 10.2. The predicted molar refractivity (Wildman–Crippen MR) is 89.3 cm³/mol. The van der Waals surface area contributed by atoms with Crippen molar-refractivity contribution in [3.63, 3.8) is 0 Å². The third-order valence-corrected chi connectivity index (χ3v) is 3.84. The predicted octanol–water partition coefficient (Wildman–Crippen LogP) is 1.97. The second-order valence-electron chi connectivity index (χ2n) is 5.64. The van der Waals surface area contributed by atoms with E-state index >= 15 is 0 Å². The minimum absolute atomic E-state index is 0.0522. The Labute approximate surface area is 143 Å². The summed E-state index contributed by atoms with van der Waals surface area (Å²) in [5, 5.41) is 10.7. The van der Waals surface area contributed by atoms with Crippen molar-refractivity contribution in [2.45, 2.75) is 44.1 Å². The maximum Gasteiger partial charge on any atom is 0.408 e. The fourth-order valence-corrected chi connectivity index (χ4v) is 2.48. The van der Waals surface area contributed by atoms with E-state index < -0.39 is 23.6 Å². The molecule has 2 amide bonds. The first-order valence-corrected chi connectivity index (χ1v) is 9.32.